The van der Waals surface area contributed by atoms with Crippen molar-refractivity contribution in [2.45, 2.75) is 32.6 Å². The third-order valence-corrected chi connectivity index (χ3v) is 5.99. The lowest BCUT2D eigenvalue weighted by Crippen LogP contribution is -2.12. The third kappa shape index (κ3) is 4.43. The molecule has 4 heterocycles. The molecule has 0 amide bonds. The Hall–Kier alpha value is -2.45. The molecule has 0 unspecified atom stereocenters. The molecule has 0 atom stereocenters. The van der Waals surface area contributed by atoms with Crippen LogP contribution in [0.4, 0.5) is 11.6 Å². The number of rotatable bonds is 5. The summed E-state index contributed by atoms with van der Waals surface area (Å²) in [6.07, 6.45) is 7.16. The van der Waals surface area contributed by atoms with Crippen LogP contribution in [0.25, 0.3) is 11.1 Å². The summed E-state index contributed by atoms with van der Waals surface area (Å²) >= 11 is 6.45. The van der Waals surface area contributed by atoms with E-state index in [-0.39, 0.29) is 11.2 Å². The highest BCUT2D eigenvalue weighted by Gasteiger charge is 2.32. The fraction of sp³-hybridized carbons (Fsp3) is 0.350. The van der Waals surface area contributed by atoms with Gasteiger partial charge in [0, 0.05) is 42.0 Å². The summed E-state index contributed by atoms with van der Waals surface area (Å²) in [5, 5.41) is 8.21. The quantitative estimate of drug-likeness (QED) is 0.659. The maximum atomic E-state index is 11.5. The second-order valence-corrected chi connectivity index (χ2v) is 10.8. The van der Waals surface area contributed by atoms with Gasteiger partial charge in [-0.3, -0.25) is 4.68 Å². The standard InChI is InChI=1S/C20H22ClN5O2S/c1-20(2)8-17-15(9-24-26(17)12-20)14-7-19(23-10-16(14)21)25-18-6-13(4-5-22-18)11-29(3,27)28/h4-7,9-10H,8,11-12H2,1-3H3,(H,22,23,25). The highest BCUT2D eigenvalue weighted by molar-refractivity contribution is 7.89. The summed E-state index contributed by atoms with van der Waals surface area (Å²) in [7, 11) is -3.12. The Morgan fingerprint density at radius 1 is 1.17 bits per heavy atom. The van der Waals surface area contributed by atoms with E-state index in [2.05, 4.69) is 34.2 Å². The highest BCUT2D eigenvalue weighted by Crippen LogP contribution is 2.39. The van der Waals surface area contributed by atoms with Crippen molar-refractivity contribution in [3.63, 3.8) is 0 Å². The number of aromatic nitrogens is 4. The molecule has 0 aliphatic carbocycles. The van der Waals surface area contributed by atoms with E-state index in [1.54, 1.807) is 24.5 Å². The summed E-state index contributed by atoms with van der Waals surface area (Å²) in [4.78, 5) is 8.60. The third-order valence-electron chi connectivity index (χ3n) is 4.83. The van der Waals surface area contributed by atoms with E-state index in [0.717, 1.165) is 24.1 Å². The van der Waals surface area contributed by atoms with Crippen LogP contribution in [0.2, 0.25) is 5.02 Å². The van der Waals surface area contributed by atoms with Crippen LogP contribution in [0.1, 0.15) is 25.1 Å². The molecule has 1 N–H and O–H groups in total. The second kappa shape index (κ2) is 7.11. The molecule has 152 valence electrons. The highest BCUT2D eigenvalue weighted by atomic mass is 35.5. The number of nitrogens with zero attached hydrogens (tertiary/aromatic N) is 4. The fourth-order valence-corrected chi connectivity index (χ4v) is 4.64. The lowest BCUT2D eigenvalue weighted by molar-refractivity contribution is 0.347. The molecule has 1 aliphatic heterocycles. The zero-order valence-electron chi connectivity index (χ0n) is 16.5. The molecule has 0 radical (unpaired) electrons. The molecule has 1 aliphatic rings. The molecule has 3 aromatic rings. The van der Waals surface area contributed by atoms with Gasteiger partial charge in [-0.1, -0.05) is 25.4 Å². The first-order valence-corrected chi connectivity index (χ1v) is 11.6. The van der Waals surface area contributed by atoms with Crippen LogP contribution in [0, 0.1) is 5.41 Å². The number of sulfone groups is 1. The molecule has 4 rings (SSSR count). The maximum absolute atomic E-state index is 11.5. The number of hydrogen-bond acceptors (Lipinski definition) is 6. The largest absolute Gasteiger partial charge is 0.325 e. The van der Waals surface area contributed by atoms with Crippen molar-refractivity contribution in [2.75, 3.05) is 11.6 Å². The fourth-order valence-electron chi connectivity index (χ4n) is 3.65. The maximum Gasteiger partial charge on any atom is 0.151 e. The number of pyridine rings is 2. The van der Waals surface area contributed by atoms with Gasteiger partial charge in [-0.05, 0) is 35.6 Å². The van der Waals surface area contributed by atoms with E-state index < -0.39 is 9.84 Å². The monoisotopic (exact) mass is 431 g/mol. The van der Waals surface area contributed by atoms with Gasteiger partial charge < -0.3 is 5.32 Å². The van der Waals surface area contributed by atoms with Crippen LogP contribution in [-0.2, 0) is 28.6 Å². The van der Waals surface area contributed by atoms with Crippen molar-refractivity contribution in [2.24, 2.45) is 5.41 Å². The van der Waals surface area contributed by atoms with Crippen LogP contribution in [-0.4, -0.2) is 34.4 Å². The minimum atomic E-state index is -3.12. The van der Waals surface area contributed by atoms with Gasteiger partial charge in [-0.15, -0.1) is 0 Å². The molecule has 0 spiro atoms. The van der Waals surface area contributed by atoms with Crippen LogP contribution < -0.4 is 5.32 Å². The molecule has 0 saturated heterocycles. The first kappa shape index (κ1) is 19.8. The molecule has 29 heavy (non-hydrogen) atoms. The molecule has 0 saturated carbocycles. The summed E-state index contributed by atoms with van der Waals surface area (Å²) in [6, 6.07) is 5.26. The SMILES string of the molecule is CC1(C)Cc2c(-c3cc(Nc4cc(CS(C)(=O)=O)ccn4)ncc3Cl)cnn2C1. The predicted octanol–water partition coefficient (Wildman–Crippen LogP) is 3.86. The van der Waals surface area contributed by atoms with E-state index in [0.29, 0.717) is 22.2 Å². The summed E-state index contributed by atoms with van der Waals surface area (Å²) in [5.41, 5.74) is 3.86. The summed E-state index contributed by atoms with van der Waals surface area (Å²) < 4.78 is 25.1. The Labute approximate surface area is 175 Å². The smallest absolute Gasteiger partial charge is 0.151 e. The minimum absolute atomic E-state index is 0.0399. The van der Waals surface area contributed by atoms with E-state index in [9.17, 15) is 8.42 Å². The van der Waals surface area contributed by atoms with Crippen LogP contribution in [0.15, 0.2) is 36.8 Å². The van der Waals surface area contributed by atoms with Gasteiger partial charge in [0.05, 0.1) is 17.0 Å². The van der Waals surface area contributed by atoms with Gasteiger partial charge in [-0.2, -0.15) is 5.10 Å². The van der Waals surface area contributed by atoms with Crippen molar-refractivity contribution >= 4 is 33.1 Å². The predicted molar refractivity (Wildman–Crippen MR) is 114 cm³/mol. The van der Waals surface area contributed by atoms with E-state index in [1.807, 2.05) is 16.9 Å². The molecule has 9 heteroatoms. The first-order valence-electron chi connectivity index (χ1n) is 9.20. The molecule has 0 aromatic carbocycles. The first-order chi connectivity index (χ1) is 13.6. The lowest BCUT2D eigenvalue weighted by Gasteiger charge is -2.14. The van der Waals surface area contributed by atoms with Crippen molar-refractivity contribution in [1.82, 2.24) is 19.7 Å². The molecule has 0 fully saturated rings. The van der Waals surface area contributed by atoms with Crippen molar-refractivity contribution in [3.05, 3.63) is 53.1 Å². The number of halogens is 1. The number of fused-ring (bicyclic) bond motifs is 1. The van der Waals surface area contributed by atoms with Crippen LogP contribution >= 0.6 is 11.6 Å². The van der Waals surface area contributed by atoms with Gasteiger partial charge in [0.2, 0.25) is 0 Å². The van der Waals surface area contributed by atoms with Crippen molar-refractivity contribution < 1.29 is 8.42 Å². The zero-order chi connectivity index (χ0) is 20.8. The summed E-state index contributed by atoms with van der Waals surface area (Å²) in [6.45, 7) is 5.33. The Kier molecular flexibility index (Phi) is 4.86. The van der Waals surface area contributed by atoms with Gasteiger partial charge >= 0.3 is 0 Å². The number of nitrogens with one attached hydrogen (secondary N) is 1. The molecule has 0 bridgehead atoms. The average Bonchev–Trinajstić information content (AvgIpc) is 3.10. The van der Waals surface area contributed by atoms with Gasteiger partial charge in [0.1, 0.15) is 11.6 Å². The van der Waals surface area contributed by atoms with E-state index >= 15 is 0 Å². The lowest BCUT2D eigenvalue weighted by atomic mass is 9.89. The molecular formula is C20H22ClN5O2S. The Morgan fingerprint density at radius 3 is 2.69 bits per heavy atom. The average molecular weight is 432 g/mol. The Morgan fingerprint density at radius 2 is 1.93 bits per heavy atom. The number of hydrogen-bond donors (Lipinski definition) is 1. The van der Waals surface area contributed by atoms with Gasteiger partial charge in [-0.25, -0.2) is 18.4 Å². The molecule has 3 aromatic heterocycles. The van der Waals surface area contributed by atoms with Gasteiger partial charge in [0.15, 0.2) is 9.84 Å². The Balaban J connectivity index is 1.63. The summed E-state index contributed by atoms with van der Waals surface area (Å²) in [5.74, 6) is 1.06. The van der Waals surface area contributed by atoms with Crippen LogP contribution in [0.5, 0.6) is 0 Å². The minimum Gasteiger partial charge on any atom is -0.325 e. The van der Waals surface area contributed by atoms with Crippen LogP contribution in [0.3, 0.4) is 0 Å². The van der Waals surface area contributed by atoms with Crippen molar-refractivity contribution in [1.29, 1.82) is 0 Å². The van der Waals surface area contributed by atoms with E-state index in [4.69, 9.17) is 11.6 Å². The van der Waals surface area contributed by atoms with E-state index in [1.165, 1.54) is 11.9 Å². The molecule has 7 nitrogen and oxygen atoms in total. The zero-order valence-corrected chi connectivity index (χ0v) is 18.0. The van der Waals surface area contributed by atoms with Gasteiger partial charge in [0.25, 0.3) is 0 Å². The Bertz CT molecular complexity index is 1190. The molecular weight excluding hydrogens is 410 g/mol. The normalized spacial score (nSPS) is 15.3. The number of anilines is 2. The second-order valence-electron chi connectivity index (χ2n) is 8.30. The topological polar surface area (TPSA) is 89.8 Å². The van der Waals surface area contributed by atoms with Crippen molar-refractivity contribution in [3.8, 4) is 11.1 Å².